The van der Waals surface area contributed by atoms with E-state index >= 15 is 0 Å². The lowest BCUT2D eigenvalue weighted by Gasteiger charge is -2.26. The zero-order chi connectivity index (χ0) is 16.4. The minimum atomic E-state index is -0.849. The standard InChI is InChI=1S/C16H20BrNO4/c1-9-4-5-14(13(17)8-9)22-11(3)15(19)18-7-6-12(10(18)2)16(20)21/h4-5,8,10-12H,6-7H2,1-3H3,(H,20,21). The van der Waals surface area contributed by atoms with Crippen LogP contribution in [0.15, 0.2) is 22.7 Å². The largest absolute Gasteiger partial charge is 0.481 e. The molecule has 0 bridgehead atoms. The zero-order valence-corrected chi connectivity index (χ0v) is 14.5. The smallest absolute Gasteiger partial charge is 0.308 e. The summed E-state index contributed by atoms with van der Waals surface area (Å²) < 4.78 is 6.53. The lowest BCUT2D eigenvalue weighted by Crippen LogP contribution is -2.44. The van der Waals surface area contributed by atoms with Gasteiger partial charge in [-0.15, -0.1) is 0 Å². The van der Waals surface area contributed by atoms with Crippen LogP contribution in [0.3, 0.4) is 0 Å². The van der Waals surface area contributed by atoms with Crippen LogP contribution in [0, 0.1) is 12.8 Å². The Bertz CT molecular complexity index is 590. The monoisotopic (exact) mass is 369 g/mol. The van der Waals surface area contributed by atoms with E-state index < -0.39 is 18.0 Å². The summed E-state index contributed by atoms with van der Waals surface area (Å²) in [6.45, 7) is 5.90. The second-order valence-corrected chi connectivity index (χ2v) is 6.55. The van der Waals surface area contributed by atoms with Crippen molar-refractivity contribution in [2.45, 2.75) is 39.3 Å². The molecule has 3 atom stereocenters. The fraction of sp³-hybridized carbons (Fsp3) is 0.500. The highest BCUT2D eigenvalue weighted by atomic mass is 79.9. The third-order valence-corrected chi connectivity index (χ3v) is 4.71. The molecule has 1 fully saturated rings. The maximum atomic E-state index is 12.5. The number of hydrogen-bond acceptors (Lipinski definition) is 3. The van der Waals surface area contributed by atoms with E-state index in [0.29, 0.717) is 18.7 Å². The molecule has 1 aliphatic rings. The molecule has 3 unspecified atom stereocenters. The minimum Gasteiger partial charge on any atom is -0.481 e. The Morgan fingerprint density at radius 3 is 2.68 bits per heavy atom. The lowest BCUT2D eigenvalue weighted by molar-refractivity contribution is -0.144. The van der Waals surface area contributed by atoms with Gasteiger partial charge in [0.25, 0.3) is 5.91 Å². The van der Waals surface area contributed by atoms with E-state index in [4.69, 9.17) is 9.84 Å². The number of halogens is 1. The summed E-state index contributed by atoms with van der Waals surface area (Å²) in [5.74, 6) is -0.920. The van der Waals surface area contributed by atoms with Gasteiger partial charge in [-0.1, -0.05) is 6.07 Å². The second kappa shape index (κ2) is 6.69. The SMILES string of the molecule is Cc1ccc(OC(C)C(=O)N2CCC(C(=O)O)C2C)c(Br)c1. The van der Waals surface area contributed by atoms with Crippen molar-refractivity contribution in [1.82, 2.24) is 4.90 Å². The molecule has 0 spiro atoms. The van der Waals surface area contributed by atoms with Crippen molar-refractivity contribution in [3.63, 3.8) is 0 Å². The van der Waals surface area contributed by atoms with Gasteiger partial charge in [0.15, 0.2) is 6.10 Å². The van der Waals surface area contributed by atoms with Gasteiger partial charge in [0.1, 0.15) is 5.75 Å². The van der Waals surface area contributed by atoms with Crippen LogP contribution in [0.2, 0.25) is 0 Å². The minimum absolute atomic E-state index is 0.177. The molecule has 1 heterocycles. The molecule has 6 heteroatoms. The number of carboxylic acids is 1. The number of aryl methyl sites for hydroxylation is 1. The molecule has 22 heavy (non-hydrogen) atoms. The van der Waals surface area contributed by atoms with Crippen LogP contribution in [-0.2, 0) is 9.59 Å². The van der Waals surface area contributed by atoms with E-state index in [2.05, 4.69) is 15.9 Å². The van der Waals surface area contributed by atoms with Crippen LogP contribution in [0.4, 0.5) is 0 Å². The Labute approximate surface area is 138 Å². The van der Waals surface area contributed by atoms with Crippen LogP contribution >= 0.6 is 15.9 Å². The van der Waals surface area contributed by atoms with Gasteiger partial charge in [-0.2, -0.15) is 0 Å². The normalized spacial score (nSPS) is 22.5. The summed E-state index contributed by atoms with van der Waals surface area (Å²) in [5, 5.41) is 9.14. The van der Waals surface area contributed by atoms with Crippen molar-refractivity contribution in [2.75, 3.05) is 6.54 Å². The van der Waals surface area contributed by atoms with Gasteiger partial charge in [-0.25, -0.2) is 0 Å². The molecule has 1 saturated heterocycles. The van der Waals surface area contributed by atoms with Crippen molar-refractivity contribution in [2.24, 2.45) is 5.92 Å². The molecular formula is C16H20BrNO4. The van der Waals surface area contributed by atoms with Crippen LogP contribution in [0.25, 0.3) is 0 Å². The molecule has 1 aromatic carbocycles. The number of aliphatic carboxylic acids is 1. The number of nitrogens with zero attached hydrogens (tertiary/aromatic N) is 1. The first-order valence-corrected chi connectivity index (χ1v) is 8.06. The van der Waals surface area contributed by atoms with Crippen LogP contribution in [0.5, 0.6) is 5.75 Å². The Balaban J connectivity index is 2.05. The van der Waals surface area contributed by atoms with Crippen molar-refractivity contribution in [1.29, 1.82) is 0 Å². The van der Waals surface area contributed by atoms with Crippen molar-refractivity contribution in [3.05, 3.63) is 28.2 Å². The summed E-state index contributed by atoms with van der Waals surface area (Å²) in [5.41, 5.74) is 1.09. The third-order valence-electron chi connectivity index (χ3n) is 4.09. The highest BCUT2D eigenvalue weighted by molar-refractivity contribution is 9.10. The summed E-state index contributed by atoms with van der Waals surface area (Å²) in [4.78, 5) is 25.2. The number of carbonyl (C=O) groups is 2. The molecule has 0 saturated carbocycles. The molecule has 2 rings (SSSR count). The van der Waals surface area contributed by atoms with Gasteiger partial charge < -0.3 is 14.7 Å². The Kier molecular flexibility index (Phi) is 5.11. The predicted octanol–water partition coefficient (Wildman–Crippen LogP) is 2.85. The molecule has 1 aromatic rings. The second-order valence-electron chi connectivity index (χ2n) is 5.70. The number of likely N-dealkylation sites (tertiary alicyclic amines) is 1. The number of amides is 1. The Hall–Kier alpha value is -1.56. The van der Waals surface area contributed by atoms with Gasteiger partial charge in [-0.05, 0) is 60.8 Å². The summed E-state index contributed by atoms with van der Waals surface area (Å²) in [6.07, 6.45) is -0.169. The van der Waals surface area contributed by atoms with E-state index in [1.165, 1.54) is 0 Å². The van der Waals surface area contributed by atoms with E-state index in [9.17, 15) is 9.59 Å². The maximum absolute atomic E-state index is 12.5. The molecule has 1 amide bonds. The first kappa shape index (κ1) is 16.8. The Morgan fingerprint density at radius 2 is 2.14 bits per heavy atom. The average Bonchev–Trinajstić information content (AvgIpc) is 2.83. The number of hydrogen-bond donors (Lipinski definition) is 1. The van der Waals surface area contributed by atoms with E-state index in [1.807, 2.05) is 25.1 Å². The van der Waals surface area contributed by atoms with E-state index in [-0.39, 0.29) is 11.9 Å². The van der Waals surface area contributed by atoms with Crippen molar-refractivity contribution in [3.8, 4) is 5.75 Å². The average molecular weight is 370 g/mol. The lowest BCUT2D eigenvalue weighted by atomic mass is 10.0. The molecule has 1 N–H and O–H groups in total. The fourth-order valence-electron chi connectivity index (χ4n) is 2.76. The summed E-state index contributed by atoms with van der Waals surface area (Å²) in [6, 6.07) is 5.34. The van der Waals surface area contributed by atoms with Gasteiger partial charge in [0.2, 0.25) is 0 Å². The Morgan fingerprint density at radius 1 is 1.45 bits per heavy atom. The van der Waals surface area contributed by atoms with Gasteiger partial charge >= 0.3 is 5.97 Å². The van der Waals surface area contributed by atoms with Gasteiger partial charge in [0.05, 0.1) is 10.4 Å². The van der Waals surface area contributed by atoms with E-state index in [1.54, 1.807) is 18.7 Å². The molecule has 1 aliphatic heterocycles. The van der Waals surface area contributed by atoms with Crippen LogP contribution < -0.4 is 4.74 Å². The third kappa shape index (κ3) is 3.43. The van der Waals surface area contributed by atoms with Crippen molar-refractivity contribution < 1.29 is 19.4 Å². The first-order valence-electron chi connectivity index (χ1n) is 7.27. The fourth-order valence-corrected chi connectivity index (χ4v) is 3.34. The van der Waals surface area contributed by atoms with Gasteiger partial charge in [-0.3, -0.25) is 9.59 Å². The number of benzene rings is 1. The number of carbonyl (C=O) groups excluding carboxylic acids is 1. The molecule has 120 valence electrons. The summed E-state index contributed by atoms with van der Waals surface area (Å²) in [7, 11) is 0. The predicted molar refractivity (Wildman–Crippen MR) is 85.9 cm³/mol. The maximum Gasteiger partial charge on any atom is 0.308 e. The van der Waals surface area contributed by atoms with Crippen LogP contribution in [-0.4, -0.2) is 40.6 Å². The molecule has 0 aromatic heterocycles. The highest BCUT2D eigenvalue weighted by Crippen LogP contribution is 2.29. The highest BCUT2D eigenvalue weighted by Gasteiger charge is 2.39. The topological polar surface area (TPSA) is 66.8 Å². The molecule has 0 aliphatic carbocycles. The van der Waals surface area contributed by atoms with Crippen LogP contribution in [0.1, 0.15) is 25.8 Å². The number of ether oxygens (including phenoxy) is 1. The molecule has 0 radical (unpaired) electrons. The number of rotatable bonds is 4. The molecular weight excluding hydrogens is 350 g/mol. The quantitative estimate of drug-likeness (QED) is 0.885. The summed E-state index contributed by atoms with van der Waals surface area (Å²) >= 11 is 3.42. The van der Waals surface area contributed by atoms with Gasteiger partial charge in [0, 0.05) is 12.6 Å². The zero-order valence-electron chi connectivity index (χ0n) is 12.9. The number of carboxylic acid groups (broad SMARTS) is 1. The first-order chi connectivity index (χ1) is 10.3. The van der Waals surface area contributed by atoms with E-state index in [0.717, 1.165) is 10.0 Å². The molecule has 5 nitrogen and oxygen atoms in total. The van der Waals surface area contributed by atoms with Crippen molar-refractivity contribution >= 4 is 27.8 Å².